The lowest BCUT2D eigenvalue weighted by Gasteiger charge is -2.23. The Balaban J connectivity index is 1.94. The normalized spacial score (nSPS) is 17.1. The van der Waals surface area contributed by atoms with Crippen LogP contribution < -0.4 is 14.8 Å². The van der Waals surface area contributed by atoms with Crippen molar-refractivity contribution in [3.05, 3.63) is 24.3 Å². The lowest BCUT2D eigenvalue weighted by molar-refractivity contribution is 0.162. The van der Waals surface area contributed by atoms with Crippen molar-refractivity contribution < 1.29 is 13.2 Å². The molecule has 6 heteroatoms. The molecular formula is C13H20N2O3S. The van der Waals surface area contributed by atoms with Crippen molar-refractivity contribution in [2.24, 2.45) is 0 Å². The highest BCUT2D eigenvalue weighted by molar-refractivity contribution is 7.92. The van der Waals surface area contributed by atoms with E-state index in [1.165, 1.54) is 0 Å². The number of rotatable bonds is 5. The summed E-state index contributed by atoms with van der Waals surface area (Å²) in [5, 5.41) is 3.29. The number of piperidine rings is 1. The van der Waals surface area contributed by atoms with E-state index in [0.29, 0.717) is 5.69 Å². The van der Waals surface area contributed by atoms with Gasteiger partial charge in [-0.3, -0.25) is 4.72 Å². The highest BCUT2D eigenvalue weighted by atomic mass is 32.2. The smallest absolute Gasteiger partial charge is 0.232 e. The van der Waals surface area contributed by atoms with Crippen molar-refractivity contribution in [3.8, 4) is 5.75 Å². The molecular weight excluding hydrogens is 264 g/mol. The molecule has 1 aromatic rings. The van der Waals surface area contributed by atoms with Crippen molar-refractivity contribution in [2.45, 2.75) is 25.9 Å². The average Bonchev–Trinajstić information content (AvgIpc) is 2.42. The molecule has 1 aliphatic heterocycles. The largest absolute Gasteiger partial charge is 0.490 e. The van der Waals surface area contributed by atoms with Gasteiger partial charge in [0.2, 0.25) is 10.0 Å². The Labute approximate surface area is 114 Å². The van der Waals surface area contributed by atoms with E-state index < -0.39 is 10.0 Å². The Morgan fingerprint density at radius 1 is 1.26 bits per heavy atom. The van der Waals surface area contributed by atoms with E-state index in [0.717, 1.165) is 31.7 Å². The lowest BCUT2D eigenvalue weighted by Crippen LogP contribution is -2.34. The Bertz CT molecular complexity index is 493. The Morgan fingerprint density at radius 2 is 1.89 bits per heavy atom. The second kappa shape index (κ2) is 6.25. The second-order valence-corrected chi connectivity index (χ2v) is 6.61. The molecule has 0 atom stereocenters. The quantitative estimate of drug-likeness (QED) is 0.861. The molecule has 5 nitrogen and oxygen atoms in total. The molecule has 0 spiro atoms. The van der Waals surface area contributed by atoms with Crippen molar-refractivity contribution in [1.82, 2.24) is 5.32 Å². The zero-order valence-electron chi connectivity index (χ0n) is 11.1. The van der Waals surface area contributed by atoms with Gasteiger partial charge in [-0.2, -0.15) is 0 Å². The van der Waals surface area contributed by atoms with Gasteiger partial charge < -0.3 is 10.1 Å². The van der Waals surface area contributed by atoms with Gasteiger partial charge in [-0.05, 0) is 57.1 Å². The third-order valence-corrected chi connectivity index (χ3v) is 4.40. The van der Waals surface area contributed by atoms with E-state index in [9.17, 15) is 8.42 Å². The number of hydrogen-bond donors (Lipinski definition) is 2. The number of anilines is 1. The first kappa shape index (κ1) is 14.1. The number of nitrogens with one attached hydrogen (secondary N) is 2. The number of benzene rings is 1. The topological polar surface area (TPSA) is 67.4 Å². The Morgan fingerprint density at radius 3 is 2.47 bits per heavy atom. The molecule has 0 unspecified atom stereocenters. The van der Waals surface area contributed by atoms with E-state index in [2.05, 4.69) is 10.0 Å². The molecule has 2 N–H and O–H groups in total. The van der Waals surface area contributed by atoms with Gasteiger partial charge in [-0.1, -0.05) is 0 Å². The van der Waals surface area contributed by atoms with Gasteiger partial charge in [0.15, 0.2) is 0 Å². The molecule has 0 amide bonds. The predicted molar refractivity (Wildman–Crippen MR) is 76.0 cm³/mol. The van der Waals surface area contributed by atoms with E-state index in [1.54, 1.807) is 31.2 Å². The van der Waals surface area contributed by atoms with Crippen LogP contribution in [0.2, 0.25) is 0 Å². The predicted octanol–water partition coefficient (Wildman–Crippen LogP) is 1.58. The molecule has 1 aromatic carbocycles. The standard InChI is InChI=1S/C13H20N2O3S/c1-2-19(16,17)15-11-3-5-12(6-4-11)18-13-7-9-14-10-8-13/h3-6,13-15H,2,7-10H2,1H3. The summed E-state index contributed by atoms with van der Waals surface area (Å²) in [6.45, 7) is 3.58. The summed E-state index contributed by atoms with van der Waals surface area (Å²) >= 11 is 0. The monoisotopic (exact) mass is 284 g/mol. The first-order valence-electron chi connectivity index (χ1n) is 6.57. The maximum absolute atomic E-state index is 11.4. The van der Waals surface area contributed by atoms with Gasteiger partial charge >= 0.3 is 0 Å². The fourth-order valence-electron chi connectivity index (χ4n) is 1.96. The molecule has 1 aliphatic rings. The number of ether oxygens (including phenoxy) is 1. The molecule has 1 saturated heterocycles. The van der Waals surface area contributed by atoms with Crippen LogP contribution >= 0.6 is 0 Å². The van der Waals surface area contributed by atoms with Crippen molar-refractivity contribution in [3.63, 3.8) is 0 Å². The summed E-state index contributed by atoms with van der Waals surface area (Å²) in [7, 11) is -3.21. The highest BCUT2D eigenvalue weighted by Crippen LogP contribution is 2.20. The fourth-order valence-corrected chi connectivity index (χ4v) is 2.60. The SMILES string of the molecule is CCS(=O)(=O)Nc1ccc(OC2CCNCC2)cc1. The van der Waals surface area contributed by atoms with Gasteiger partial charge in [0.1, 0.15) is 11.9 Å². The van der Waals surface area contributed by atoms with E-state index in [1.807, 2.05) is 0 Å². The van der Waals surface area contributed by atoms with E-state index in [-0.39, 0.29) is 11.9 Å². The third-order valence-electron chi connectivity index (χ3n) is 3.10. The van der Waals surface area contributed by atoms with Crippen LogP contribution in [0.1, 0.15) is 19.8 Å². The maximum Gasteiger partial charge on any atom is 0.232 e. The molecule has 0 saturated carbocycles. The summed E-state index contributed by atoms with van der Waals surface area (Å²) in [6.07, 6.45) is 2.26. The number of sulfonamides is 1. The molecule has 0 bridgehead atoms. The summed E-state index contributed by atoms with van der Waals surface area (Å²) in [5.41, 5.74) is 0.569. The van der Waals surface area contributed by atoms with Crippen LogP contribution in [0.5, 0.6) is 5.75 Å². The van der Waals surface area contributed by atoms with Crippen molar-refractivity contribution in [2.75, 3.05) is 23.6 Å². The lowest BCUT2D eigenvalue weighted by atomic mass is 10.1. The summed E-state index contributed by atoms with van der Waals surface area (Å²) < 4.78 is 31.2. The molecule has 0 aliphatic carbocycles. The van der Waals surface area contributed by atoms with Crippen LogP contribution in [0.25, 0.3) is 0 Å². The van der Waals surface area contributed by atoms with Crippen LogP contribution in [-0.2, 0) is 10.0 Å². The minimum atomic E-state index is -3.21. The van der Waals surface area contributed by atoms with Gasteiger partial charge in [-0.25, -0.2) is 8.42 Å². The van der Waals surface area contributed by atoms with E-state index in [4.69, 9.17) is 4.74 Å². The zero-order chi connectivity index (χ0) is 13.7. The van der Waals surface area contributed by atoms with Crippen LogP contribution in [0, 0.1) is 0 Å². The first-order valence-corrected chi connectivity index (χ1v) is 8.22. The minimum Gasteiger partial charge on any atom is -0.490 e. The second-order valence-electron chi connectivity index (χ2n) is 4.60. The molecule has 19 heavy (non-hydrogen) atoms. The van der Waals surface area contributed by atoms with Crippen LogP contribution in [0.3, 0.4) is 0 Å². The van der Waals surface area contributed by atoms with Crippen LogP contribution in [-0.4, -0.2) is 33.4 Å². The van der Waals surface area contributed by atoms with Gasteiger partial charge in [0.25, 0.3) is 0 Å². The van der Waals surface area contributed by atoms with Gasteiger partial charge in [0.05, 0.1) is 5.75 Å². The van der Waals surface area contributed by atoms with Gasteiger partial charge in [-0.15, -0.1) is 0 Å². The van der Waals surface area contributed by atoms with Gasteiger partial charge in [0, 0.05) is 5.69 Å². The fraction of sp³-hybridized carbons (Fsp3) is 0.538. The van der Waals surface area contributed by atoms with Crippen molar-refractivity contribution in [1.29, 1.82) is 0 Å². The summed E-state index contributed by atoms with van der Waals surface area (Å²) in [4.78, 5) is 0. The molecule has 1 heterocycles. The number of hydrogen-bond acceptors (Lipinski definition) is 4. The maximum atomic E-state index is 11.4. The van der Waals surface area contributed by atoms with Crippen LogP contribution in [0.4, 0.5) is 5.69 Å². The summed E-state index contributed by atoms with van der Waals surface area (Å²) in [5.74, 6) is 0.853. The molecule has 1 fully saturated rings. The summed E-state index contributed by atoms with van der Waals surface area (Å²) in [6, 6.07) is 7.05. The Hall–Kier alpha value is -1.27. The average molecular weight is 284 g/mol. The Kier molecular flexibility index (Phi) is 4.66. The zero-order valence-corrected chi connectivity index (χ0v) is 11.9. The van der Waals surface area contributed by atoms with E-state index >= 15 is 0 Å². The minimum absolute atomic E-state index is 0.0698. The third kappa shape index (κ3) is 4.40. The van der Waals surface area contributed by atoms with Crippen molar-refractivity contribution >= 4 is 15.7 Å². The molecule has 2 rings (SSSR count). The molecule has 0 aromatic heterocycles. The highest BCUT2D eigenvalue weighted by Gasteiger charge is 2.14. The van der Waals surface area contributed by atoms with Crippen LogP contribution in [0.15, 0.2) is 24.3 Å². The molecule has 0 radical (unpaired) electrons. The molecule has 106 valence electrons. The first-order chi connectivity index (χ1) is 9.09.